The number of carbonyl (C=O) groups excluding carboxylic acids is 2. The zero-order valence-electron chi connectivity index (χ0n) is 11.3. The Morgan fingerprint density at radius 1 is 1.40 bits per heavy atom. The molecule has 5 nitrogen and oxygen atoms in total. The fourth-order valence-corrected chi connectivity index (χ4v) is 2.73. The number of rotatable bonds is 5. The Morgan fingerprint density at radius 3 is 2.85 bits per heavy atom. The van der Waals surface area contributed by atoms with E-state index < -0.39 is 5.25 Å². The number of carbonyl (C=O) groups is 2. The van der Waals surface area contributed by atoms with Crippen LogP contribution in [-0.4, -0.2) is 28.8 Å². The molecule has 1 fully saturated rings. The highest BCUT2D eigenvalue weighted by Crippen LogP contribution is 2.23. The molecule has 0 bridgehead atoms. The first-order valence-corrected chi connectivity index (χ1v) is 7.44. The summed E-state index contributed by atoms with van der Waals surface area (Å²) in [6.07, 6.45) is 1.08. The van der Waals surface area contributed by atoms with Gasteiger partial charge in [-0.05, 0) is 18.6 Å². The molecule has 1 aromatic rings. The summed E-state index contributed by atoms with van der Waals surface area (Å²) in [5.74, 6) is -0.311. The van der Waals surface area contributed by atoms with Crippen LogP contribution in [0.3, 0.4) is 0 Å². The van der Waals surface area contributed by atoms with E-state index in [-0.39, 0.29) is 18.2 Å². The first kappa shape index (κ1) is 14.6. The smallest absolute Gasteiger partial charge is 0.240 e. The second-order valence-corrected chi connectivity index (χ2v) is 5.59. The van der Waals surface area contributed by atoms with Gasteiger partial charge in [0.25, 0.3) is 0 Å². The highest BCUT2D eigenvalue weighted by Gasteiger charge is 2.31. The van der Waals surface area contributed by atoms with Crippen molar-refractivity contribution in [2.24, 2.45) is 4.99 Å². The molecule has 1 aliphatic heterocycles. The van der Waals surface area contributed by atoms with Gasteiger partial charge in [-0.25, -0.2) is 0 Å². The Labute approximate surface area is 122 Å². The summed E-state index contributed by atoms with van der Waals surface area (Å²) in [6.45, 7) is 2.71. The van der Waals surface area contributed by atoms with Gasteiger partial charge in [0.2, 0.25) is 11.8 Å². The van der Waals surface area contributed by atoms with E-state index in [4.69, 9.17) is 0 Å². The van der Waals surface area contributed by atoms with Crippen molar-refractivity contribution in [3.8, 4) is 0 Å². The normalized spacial score (nSPS) is 19.9. The lowest BCUT2D eigenvalue weighted by Crippen LogP contribution is -2.28. The van der Waals surface area contributed by atoms with Crippen molar-refractivity contribution in [3.63, 3.8) is 0 Å². The van der Waals surface area contributed by atoms with Gasteiger partial charge in [-0.2, -0.15) is 0 Å². The largest absolute Gasteiger partial charge is 0.326 e. The number of benzene rings is 1. The van der Waals surface area contributed by atoms with Crippen LogP contribution >= 0.6 is 11.8 Å². The molecule has 0 unspecified atom stereocenters. The van der Waals surface area contributed by atoms with Crippen LogP contribution in [0.25, 0.3) is 0 Å². The van der Waals surface area contributed by atoms with Gasteiger partial charge in [-0.15, -0.1) is 0 Å². The van der Waals surface area contributed by atoms with Crippen LogP contribution in [-0.2, 0) is 9.59 Å². The van der Waals surface area contributed by atoms with Crippen molar-refractivity contribution in [2.45, 2.75) is 25.0 Å². The summed E-state index contributed by atoms with van der Waals surface area (Å²) in [5, 5.41) is 5.70. The van der Waals surface area contributed by atoms with Gasteiger partial charge in [-0.1, -0.05) is 36.9 Å². The fraction of sp³-hybridized carbons (Fsp3) is 0.357. The van der Waals surface area contributed by atoms with E-state index in [1.54, 1.807) is 0 Å². The van der Waals surface area contributed by atoms with E-state index in [9.17, 15) is 9.59 Å². The Balaban J connectivity index is 1.87. The maximum atomic E-state index is 11.9. The quantitative estimate of drug-likeness (QED) is 0.872. The minimum Gasteiger partial charge on any atom is -0.326 e. The number of nitrogens with zero attached hydrogens (tertiary/aromatic N) is 1. The van der Waals surface area contributed by atoms with E-state index in [1.807, 2.05) is 37.3 Å². The van der Waals surface area contributed by atoms with E-state index in [1.165, 1.54) is 11.8 Å². The molecule has 1 atom stereocenters. The maximum absolute atomic E-state index is 11.9. The highest BCUT2D eigenvalue weighted by atomic mass is 32.2. The van der Waals surface area contributed by atoms with Crippen molar-refractivity contribution in [3.05, 3.63) is 30.3 Å². The van der Waals surface area contributed by atoms with E-state index in [0.717, 1.165) is 12.1 Å². The van der Waals surface area contributed by atoms with Crippen LogP contribution in [0.2, 0.25) is 0 Å². The first-order valence-electron chi connectivity index (χ1n) is 6.56. The lowest BCUT2D eigenvalue weighted by Gasteiger charge is -2.07. The predicted octanol–water partition coefficient (Wildman–Crippen LogP) is 2.01. The molecule has 0 aliphatic carbocycles. The summed E-state index contributed by atoms with van der Waals surface area (Å²) < 4.78 is 0. The molecule has 0 spiro atoms. The maximum Gasteiger partial charge on any atom is 0.240 e. The molecule has 0 aromatic heterocycles. The van der Waals surface area contributed by atoms with Gasteiger partial charge in [0.1, 0.15) is 5.25 Å². The lowest BCUT2D eigenvalue weighted by atomic mass is 10.2. The van der Waals surface area contributed by atoms with Gasteiger partial charge in [-0.3, -0.25) is 14.6 Å². The van der Waals surface area contributed by atoms with Gasteiger partial charge in [0.05, 0.1) is 0 Å². The number of hydrogen-bond acceptors (Lipinski definition) is 4. The molecule has 6 heteroatoms. The molecule has 1 saturated heterocycles. The Kier molecular flexibility index (Phi) is 5.17. The van der Waals surface area contributed by atoms with Crippen molar-refractivity contribution in [1.82, 2.24) is 5.32 Å². The summed E-state index contributed by atoms with van der Waals surface area (Å²) >= 11 is 1.33. The average molecular weight is 291 g/mol. The third-order valence-corrected chi connectivity index (χ3v) is 3.80. The van der Waals surface area contributed by atoms with Crippen molar-refractivity contribution >= 4 is 34.4 Å². The van der Waals surface area contributed by atoms with Gasteiger partial charge >= 0.3 is 0 Å². The van der Waals surface area contributed by atoms with Crippen LogP contribution < -0.4 is 10.6 Å². The van der Waals surface area contributed by atoms with Crippen LogP contribution in [0.1, 0.15) is 19.8 Å². The number of anilines is 1. The number of thioether (sulfide) groups is 1. The Morgan fingerprint density at radius 2 is 2.15 bits per heavy atom. The highest BCUT2D eigenvalue weighted by molar-refractivity contribution is 8.15. The number of nitrogens with one attached hydrogen (secondary N) is 2. The topological polar surface area (TPSA) is 70.6 Å². The molecule has 0 radical (unpaired) electrons. The first-order chi connectivity index (χ1) is 9.69. The summed E-state index contributed by atoms with van der Waals surface area (Å²) in [6, 6.07) is 9.21. The molecule has 2 amide bonds. The second kappa shape index (κ2) is 7.09. The summed E-state index contributed by atoms with van der Waals surface area (Å²) in [4.78, 5) is 27.9. The SMILES string of the molecule is CCCN=C1NC(=O)[C@@H](CC(=O)Nc2ccccc2)S1. The minimum absolute atomic E-state index is 0.145. The zero-order valence-corrected chi connectivity index (χ0v) is 12.1. The van der Waals surface area contributed by atoms with E-state index >= 15 is 0 Å². The monoisotopic (exact) mass is 291 g/mol. The number of amides is 2. The zero-order chi connectivity index (χ0) is 14.4. The third kappa shape index (κ3) is 4.09. The number of amidine groups is 1. The molecule has 1 aliphatic rings. The molecule has 1 aromatic carbocycles. The number of hydrogen-bond donors (Lipinski definition) is 2. The van der Waals surface area contributed by atoms with E-state index in [2.05, 4.69) is 15.6 Å². The van der Waals surface area contributed by atoms with Crippen molar-refractivity contribution in [2.75, 3.05) is 11.9 Å². The van der Waals surface area contributed by atoms with E-state index in [0.29, 0.717) is 11.7 Å². The van der Waals surface area contributed by atoms with Crippen LogP contribution in [0.5, 0.6) is 0 Å². The van der Waals surface area contributed by atoms with Crippen LogP contribution in [0, 0.1) is 0 Å². The predicted molar refractivity (Wildman–Crippen MR) is 81.8 cm³/mol. The molecule has 2 rings (SSSR count). The molecule has 1 heterocycles. The van der Waals surface area contributed by atoms with Gasteiger partial charge < -0.3 is 10.6 Å². The number of aliphatic imine (C=N–C) groups is 1. The van der Waals surface area contributed by atoms with Crippen molar-refractivity contribution in [1.29, 1.82) is 0 Å². The molecular weight excluding hydrogens is 274 g/mol. The standard InChI is InChI=1S/C14H17N3O2S/c1-2-8-15-14-17-13(19)11(20-14)9-12(18)16-10-6-4-3-5-7-10/h3-7,11H,2,8-9H2,1H3,(H,16,18)(H,15,17,19)/t11-/m1/s1. The minimum atomic E-state index is -0.394. The fourth-order valence-electron chi connectivity index (χ4n) is 1.73. The lowest BCUT2D eigenvalue weighted by molar-refractivity contribution is -0.122. The number of para-hydroxylation sites is 1. The summed E-state index contributed by atoms with van der Waals surface area (Å²) in [5.41, 5.74) is 0.737. The molecule has 20 heavy (non-hydrogen) atoms. The van der Waals surface area contributed by atoms with Crippen LogP contribution in [0.4, 0.5) is 5.69 Å². The van der Waals surface area contributed by atoms with Gasteiger partial charge in [0, 0.05) is 18.7 Å². The Hall–Kier alpha value is -1.82. The van der Waals surface area contributed by atoms with Crippen molar-refractivity contribution < 1.29 is 9.59 Å². The summed E-state index contributed by atoms with van der Waals surface area (Å²) in [7, 11) is 0. The third-order valence-electron chi connectivity index (χ3n) is 2.68. The molecule has 106 valence electrons. The molecule has 0 saturated carbocycles. The molecular formula is C14H17N3O2S. The van der Waals surface area contributed by atoms with Crippen LogP contribution in [0.15, 0.2) is 35.3 Å². The second-order valence-electron chi connectivity index (χ2n) is 4.40. The molecule has 2 N–H and O–H groups in total. The average Bonchev–Trinajstić information content (AvgIpc) is 2.78. The Bertz CT molecular complexity index is 516. The van der Waals surface area contributed by atoms with Gasteiger partial charge in [0.15, 0.2) is 5.17 Å².